The molecule has 1 aliphatic rings. The number of fused-ring (bicyclic) bond motifs is 2. The number of amides is 1. The average Bonchev–Trinajstić information content (AvgIpc) is 3.15. The van der Waals surface area contributed by atoms with Crippen molar-refractivity contribution in [3.05, 3.63) is 68.3 Å². The van der Waals surface area contributed by atoms with Crippen molar-refractivity contribution in [2.75, 3.05) is 11.4 Å². The second-order valence-corrected chi connectivity index (χ2v) is 10.3. The van der Waals surface area contributed by atoms with Crippen LogP contribution in [0.2, 0.25) is 0 Å². The summed E-state index contributed by atoms with van der Waals surface area (Å²) in [7, 11) is 0. The number of carbonyl (C=O) groups is 1. The van der Waals surface area contributed by atoms with E-state index in [1.807, 2.05) is 18.2 Å². The van der Waals surface area contributed by atoms with Gasteiger partial charge in [0.1, 0.15) is 5.58 Å². The molecule has 2 aromatic carbocycles. The SMILES string of the molecule is CCCN1c2ccc(/C=N\NC(=O)c3cc4cc(Br)cc(Br)c4o3)cc2C(C)=CC1(C)C. The van der Waals surface area contributed by atoms with E-state index in [9.17, 15) is 4.79 Å². The number of allylic oxidation sites excluding steroid dienone is 1. The molecule has 3 aromatic rings. The molecule has 1 aromatic heterocycles. The first-order valence-corrected chi connectivity index (χ1v) is 12.1. The molecule has 5 nitrogen and oxygen atoms in total. The molecule has 1 amide bonds. The van der Waals surface area contributed by atoms with Crippen LogP contribution in [0.4, 0.5) is 5.69 Å². The molecule has 0 aliphatic carbocycles. The highest BCUT2D eigenvalue weighted by molar-refractivity contribution is 9.11. The summed E-state index contributed by atoms with van der Waals surface area (Å²) >= 11 is 6.90. The molecule has 4 rings (SSSR count). The summed E-state index contributed by atoms with van der Waals surface area (Å²) in [5.41, 5.74) is 7.76. The molecule has 1 aliphatic heterocycles. The fraction of sp³-hybridized carbons (Fsp3) is 0.280. The molecule has 0 fully saturated rings. The zero-order valence-electron chi connectivity index (χ0n) is 18.5. The number of hydrogen-bond acceptors (Lipinski definition) is 4. The molecule has 1 N–H and O–H groups in total. The molecule has 0 bridgehead atoms. The summed E-state index contributed by atoms with van der Waals surface area (Å²) in [5, 5.41) is 4.98. The summed E-state index contributed by atoms with van der Waals surface area (Å²) in [6.45, 7) is 9.83. The van der Waals surface area contributed by atoms with Gasteiger partial charge in [-0.1, -0.05) is 35.0 Å². The Hall–Kier alpha value is -2.38. The summed E-state index contributed by atoms with van der Waals surface area (Å²) in [6.07, 6.45) is 5.05. The minimum Gasteiger partial charge on any atom is -0.450 e. The van der Waals surface area contributed by atoms with Crippen LogP contribution in [0.3, 0.4) is 0 Å². The van der Waals surface area contributed by atoms with E-state index in [2.05, 4.69) is 93.2 Å². The molecule has 2 heterocycles. The zero-order chi connectivity index (χ0) is 23.0. The van der Waals surface area contributed by atoms with Gasteiger partial charge in [0.15, 0.2) is 5.76 Å². The monoisotopic (exact) mass is 557 g/mol. The molecule has 166 valence electrons. The van der Waals surface area contributed by atoms with Gasteiger partial charge < -0.3 is 9.32 Å². The number of anilines is 1. The topological polar surface area (TPSA) is 57.8 Å². The van der Waals surface area contributed by atoms with Crippen molar-refractivity contribution in [2.45, 2.75) is 39.7 Å². The Morgan fingerprint density at radius 3 is 2.75 bits per heavy atom. The Bertz CT molecular complexity index is 1260. The number of carbonyl (C=O) groups excluding carboxylic acids is 1. The molecular formula is C25H25Br2N3O2. The highest BCUT2D eigenvalue weighted by atomic mass is 79.9. The van der Waals surface area contributed by atoms with E-state index >= 15 is 0 Å². The standard InChI is InChI=1S/C25H25Br2N3O2/c1-5-8-30-21-7-6-16(9-19(21)15(2)13-25(30,3)4)14-28-29-24(31)22-11-17-10-18(26)12-20(27)23(17)32-22/h6-7,9-14H,5,8H2,1-4H3,(H,29,31)/b28-14-. The second-order valence-electron chi connectivity index (χ2n) is 8.52. The number of furan rings is 1. The molecule has 0 unspecified atom stereocenters. The Morgan fingerprint density at radius 2 is 2.00 bits per heavy atom. The van der Waals surface area contributed by atoms with E-state index in [-0.39, 0.29) is 11.3 Å². The predicted octanol–water partition coefficient (Wildman–Crippen LogP) is 7.13. The maximum absolute atomic E-state index is 12.5. The number of benzene rings is 2. The first-order chi connectivity index (χ1) is 15.2. The van der Waals surface area contributed by atoms with Crippen molar-refractivity contribution in [3.8, 4) is 0 Å². The van der Waals surface area contributed by atoms with Gasteiger partial charge in [0, 0.05) is 27.7 Å². The van der Waals surface area contributed by atoms with E-state index < -0.39 is 5.91 Å². The zero-order valence-corrected chi connectivity index (χ0v) is 21.7. The van der Waals surface area contributed by atoms with E-state index in [4.69, 9.17) is 4.42 Å². The van der Waals surface area contributed by atoms with Crippen LogP contribution in [0.1, 0.15) is 55.8 Å². The van der Waals surface area contributed by atoms with Crippen LogP contribution in [0.5, 0.6) is 0 Å². The lowest BCUT2D eigenvalue weighted by Gasteiger charge is -2.43. The number of nitrogens with zero attached hydrogens (tertiary/aromatic N) is 2. The second kappa shape index (κ2) is 8.87. The van der Waals surface area contributed by atoms with Gasteiger partial charge in [-0.2, -0.15) is 5.10 Å². The quantitative estimate of drug-likeness (QED) is 0.267. The fourth-order valence-electron chi connectivity index (χ4n) is 4.22. The third-order valence-corrected chi connectivity index (χ3v) is 6.63. The third kappa shape index (κ3) is 4.41. The van der Waals surface area contributed by atoms with Gasteiger partial charge in [0.2, 0.25) is 0 Å². The molecule has 0 atom stereocenters. The van der Waals surface area contributed by atoms with Crippen molar-refractivity contribution < 1.29 is 9.21 Å². The van der Waals surface area contributed by atoms with Crippen LogP contribution >= 0.6 is 31.9 Å². The van der Waals surface area contributed by atoms with E-state index in [1.54, 1.807) is 12.3 Å². The van der Waals surface area contributed by atoms with Gasteiger partial charge in [0.05, 0.1) is 16.2 Å². The molecule has 32 heavy (non-hydrogen) atoms. The average molecular weight is 559 g/mol. The summed E-state index contributed by atoms with van der Waals surface area (Å²) in [6, 6.07) is 11.8. The van der Waals surface area contributed by atoms with Crippen LogP contribution in [0.25, 0.3) is 16.5 Å². The summed E-state index contributed by atoms with van der Waals surface area (Å²) in [5.74, 6) is -0.192. The van der Waals surface area contributed by atoms with Crippen molar-refractivity contribution in [1.82, 2.24) is 5.43 Å². The molecular weight excluding hydrogens is 534 g/mol. The number of rotatable bonds is 5. The van der Waals surface area contributed by atoms with Crippen molar-refractivity contribution in [3.63, 3.8) is 0 Å². The van der Waals surface area contributed by atoms with Crippen molar-refractivity contribution >= 4 is 66.2 Å². The van der Waals surface area contributed by atoms with Gasteiger partial charge in [-0.3, -0.25) is 4.79 Å². The highest BCUT2D eigenvalue weighted by Gasteiger charge is 2.30. The summed E-state index contributed by atoms with van der Waals surface area (Å²) < 4.78 is 7.38. The Labute approximate surface area is 204 Å². The lowest BCUT2D eigenvalue weighted by molar-refractivity contribution is 0.0929. The van der Waals surface area contributed by atoms with Gasteiger partial charge in [0.25, 0.3) is 0 Å². The van der Waals surface area contributed by atoms with E-state index in [0.29, 0.717) is 5.58 Å². The largest absolute Gasteiger partial charge is 0.450 e. The van der Waals surface area contributed by atoms with Crippen molar-refractivity contribution in [2.24, 2.45) is 5.10 Å². The number of hydrazone groups is 1. The van der Waals surface area contributed by atoms with Crippen molar-refractivity contribution in [1.29, 1.82) is 0 Å². The Morgan fingerprint density at radius 1 is 1.22 bits per heavy atom. The van der Waals surface area contributed by atoms with Crippen LogP contribution < -0.4 is 10.3 Å². The normalized spacial score (nSPS) is 15.2. The maximum Gasteiger partial charge on any atom is 0.307 e. The predicted molar refractivity (Wildman–Crippen MR) is 138 cm³/mol. The lowest BCUT2D eigenvalue weighted by atomic mass is 9.88. The van der Waals surface area contributed by atoms with Crippen LogP contribution in [-0.4, -0.2) is 24.2 Å². The lowest BCUT2D eigenvalue weighted by Crippen LogP contribution is -2.45. The van der Waals surface area contributed by atoms with Gasteiger partial charge in [-0.05, 0) is 84.6 Å². The highest BCUT2D eigenvalue weighted by Crippen LogP contribution is 2.39. The smallest absolute Gasteiger partial charge is 0.307 e. The number of nitrogens with one attached hydrogen (secondary N) is 1. The fourth-order valence-corrected chi connectivity index (χ4v) is 5.56. The maximum atomic E-state index is 12.5. The molecule has 0 saturated heterocycles. The van der Waals surface area contributed by atoms with Gasteiger partial charge in [-0.25, -0.2) is 5.43 Å². The minimum absolute atomic E-state index is 0.0200. The van der Waals surface area contributed by atoms with E-state index in [1.165, 1.54) is 16.8 Å². The van der Waals surface area contributed by atoms with Crippen LogP contribution in [-0.2, 0) is 0 Å². The molecule has 0 spiro atoms. The first-order valence-electron chi connectivity index (χ1n) is 10.5. The number of hydrogen-bond donors (Lipinski definition) is 1. The Balaban J connectivity index is 1.53. The minimum atomic E-state index is -0.398. The van der Waals surface area contributed by atoms with E-state index in [0.717, 1.165) is 32.9 Å². The Kier molecular flexibility index (Phi) is 6.32. The third-order valence-electron chi connectivity index (χ3n) is 5.59. The van der Waals surface area contributed by atoms with Gasteiger partial charge >= 0.3 is 5.91 Å². The van der Waals surface area contributed by atoms with Gasteiger partial charge in [-0.15, -0.1) is 0 Å². The molecule has 7 heteroatoms. The number of halogens is 2. The van der Waals surface area contributed by atoms with Crippen LogP contribution in [0.15, 0.2) is 60.9 Å². The first kappa shape index (κ1) is 22.8. The summed E-state index contributed by atoms with van der Waals surface area (Å²) in [4.78, 5) is 15.0. The molecule has 0 radical (unpaired) electrons. The van der Waals surface area contributed by atoms with Crippen LogP contribution in [0, 0.1) is 0 Å². The molecule has 0 saturated carbocycles.